The minimum Gasteiger partial charge on any atom is -0.379 e. The van der Waals surface area contributed by atoms with E-state index in [2.05, 4.69) is 15.3 Å². The summed E-state index contributed by atoms with van der Waals surface area (Å²) in [5, 5.41) is 2.88. The molecular formula is C18H16F4N4OS. The Bertz CT molecular complexity index is 930. The van der Waals surface area contributed by atoms with Gasteiger partial charge in [-0.05, 0) is 43.7 Å². The molecule has 0 spiro atoms. The number of carbonyl (C=O) groups excluding carboxylic acids is 1. The fourth-order valence-corrected chi connectivity index (χ4v) is 3.76. The van der Waals surface area contributed by atoms with Crippen molar-refractivity contribution in [2.75, 3.05) is 11.1 Å². The summed E-state index contributed by atoms with van der Waals surface area (Å²) in [5.74, 6) is -0.521. The number of alkyl halides is 3. The topological polar surface area (TPSA) is 80.4 Å². The molecule has 1 aromatic heterocycles. The molecule has 1 atom stereocenters. The van der Waals surface area contributed by atoms with E-state index in [4.69, 9.17) is 5.73 Å². The van der Waals surface area contributed by atoms with Crippen LogP contribution in [0.4, 0.5) is 23.2 Å². The zero-order valence-electron chi connectivity index (χ0n) is 14.7. The van der Waals surface area contributed by atoms with E-state index in [9.17, 15) is 22.4 Å². The summed E-state index contributed by atoms with van der Waals surface area (Å²) in [6.07, 6.45) is -3.39. The van der Waals surface area contributed by atoms with E-state index >= 15 is 0 Å². The third-order valence-electron chi connectivity index (χ3n) is 4.32. The first-order valence-electron chi connectivity index (χ1n) is 8.21. The number of pyridine rings is 1. The molecule has 1 unspecified atom stereocenters. The molecule has 3 rings (SSSR count). The first-order chi connectivity index (χ1) is 13.1. The van der Waals surface area contributed by atoms with Gasteiger partial charge in [0, 0.05) is 23.2 Å². The molecular weight excluding hydrogens is 396 g/mol. The van der Waals surface area contributed by atoms with Gasteiger partial charge in [-0.3, -0.25) is 14.8 Å². The SMILES string of the molecule is CC1(c2cc(NC(=O)c3ccc(C(F)(F)F)cn3)ccc2F)CCSC(N)=N1. The number of nitrogens with zero attached hydrogens (tertiary/aromatic N) is 2. The molecule has 2 aromatic rings. The van der Waals surface area contributed by atoms with Gasteiger partial charge in [-0.15, -0.1) is 0 Å². The van der Waals surface area contributed by atoms with Crippen LogP contribution in [0.3, 0.4) is 0 Å². The number of amidine groups is 1. The zero-order valence-corrected chi connectivity index (χ0v) is 15.5. The van der Waals surface area contributed by atoms with Crippen LogP contribution in [0.25, 0.3) is 0 Å². The van der Waals surface area contributed by atoms with Gasteiger partial charge in [-0.1, -0.05) is 11.8 Å². The van der Waals surface area contributed by atoms with Gasteiger partial charge in [0.15, 0.2) is 5.17 Å². The van der Waals surface area contributed by atoms with E-state index in [1.807, 2.05) is 0 Å². The molecule has 1 aliphatic rings. The molecule has 148 valence electrons. The molecule has 1 amide bonds. The number of hydrogen-bond acceptors (Lipinski definition) is 5. The molecule has 28 heavy (non-hydrogen) atoms. The van der Waals surface area contributed by atoms with Gasteiger partial charge in [0.05, 0.1) is 11.1 Å². The number of nitrogens with two attached hydrogens (primary N) is 1. The second-order valence-electron chi connectivity index (χ2n) is 6.40. The van der Waals surface area contributed by atoms with Crippen LogP contribution in [-0.2, 0) is 11.7 Å². The molecule has 0 radical (unpaired) electrons. The van der Waals surface area contributed by atoms with E-state index in [1.54, 1.807) is 6.92 Å². The van der Waals surface area contributed by atoms with Crippen molar-refractivity contribution in [1.29, 1.82) is 0 Å². The van der Waals surface area contributed by atoms with Crippen molar-refractivity contribution < 1.29 is 22.4 Å². The molecule has 2 heterocycles. The van der Waals surface area contributed by atoms with Crippen molar-refractivity contribution in [3.8, 4) is 0 Å². The molecule has 1 aromatic carbocycles. The number of hydrogen-bond donors (Lipinski definition) is 2. The van der Waals surface area contributed by atoms with Crippen LogP contribution in [0.2, 0.25) is 0 Å². The molecule has 0 aliphatic carbocycles. The van der Waals surface area contributed by atoms with Gasteiger partial charge in [0.1, 0.15) is 11.5 Å². The Balaban J connectivity index is 1.83. The number of carbonyl (C=O) groups is 1. The molecule has 1 aliphatic heterocycles. The van der Waals surface area contributed by atoms with E-state index in [0.29, 0.717) is 23.5 Å². The Hall–Kier alpha value is -2.62. The van der Waals surface area contributed by atoms with Crippen LogP contribution in [0.5, 0.6) is 0 Å². The van der Waals surface area contributed by atoms with Crippen LogP contribution >= 0.6 is 11.8 Å². The first-order valence-corrected chi connectivity index (χ1v) is 9.20. The molecule has 0 saturated carbocycles. The molecule has 3 N–H and O–H groups in total. The summed E-state index contributed by atoms with van der Waals surface area (Å²) >= 11 is 1.38. The highest BCUT2D eigenvalue weighted by molar-refractivity contribution is 8.13. The number of rotatable bonds is 3. The number of nitrogens with one attached hydrogen (secondary N) is 1. The average Bonchev–Trinajstić information content (AvgIpc) is 2.62. The third kappa shape index (κ3) is 4.27. The lowest BCUT2D eigenvalue weighted by atomic mass is 9.89. The maximum atomic E-state index is 14.4. The fraction of sp³-hybridized carbons (Fsp3) is 0.278. The van der Waals surface area contributed by atoms with Gasteiger partial charge < -0.3 is 11.1 Å². The van der Waals surface area contributed by atoms with E-state index < -0.39 is 29.0 Å². The third-order valence-corrected chi connectivity index (χ3v) is 5.12. The standard InChI is InChI=1S/C18H16F4N4OS/c1-17(6-7-28-16(23)26-17)12-8-11(3-4-13(12)19)25-15(27)14-5-2-10(9-24-14)18(20,21)22/h2-5,8-9H,6-7H2,1H3,(H2,23,26)(H,25,27). The Morgan fingerprint density at radius 1 is 1.29 bits per heavy atom. The van der Waals surface area contributed by atoms with Crippen molar-refractivity contribution >= 4 is 28.5 Å². The predicted molar refractivity (Wildman–Crippen MR) is 99.6 cm³/mol. The van der Waals surface area contributed by atoms with E-state index in [-0.39, 0.29) is 16.9 Å². The van der Waals surface area contributed by atoms with Crippen molar-refractivity contribution in [3.63, 3.8) is 0 Å². The minimum absolute atomic E-state index is 0.193. The Morgan fingerprint density at radius 3 is 2.64 bits per heavy atom. The fourth-order valence-electron chi connectivity index (χ4n) is 2.79. The van der Waals surface area contributed by atoms with Crippen molar-refractivity contribution in [3.05, 3.63) is 59.2 Å². The summed E-state index contributed by atoms with van der Waals surface area (Å²) in [6, 6.07) is 5.76. The van der Waals surface area contributed by atoms with Crippen LogP contribution in [0.1, 0.15) is 35.0 Å². The number of anilines is 1. The summed E-state index contributed by atoms with van der Waals surface area (Å²) in [6.45, 7) is 1.75. The van der Waals surface area contributed by atoms with E-state index in [1.165, 1.54) is 30.0 Å². The lowest BCUT2D eigenvalue weighted by Crippen LogP contribution is -2.29. The Kier molecular flexibility index (Phi) is 5.33. The van der Waals surface area contributed by atoms with Gasteiger partial charge >= 0.3 is 6.18 Å². The van der Waals surface area contributed by atoms with Gasteiger partial charge in [-0.2, -0.15) is 13.2 Å². The Labute approximate surface area is 162 Å². The van der Waals surface area contributed by atoms with Gasteiger partial charge in [0.2, 0.25) is 0 Å². The summed E-state index contributed by atoms with van der Waals surface area (Å²) in [4.78, 5) is 20.2. The Morgan fingerprint density at radius 2 is 2.04 bits per heavy atom. The van der Waals surface area contributed by atoms with Crippen molar-refractivity contribution in [2.24, 2.45) is 10.7 Å². The largest absolute Gasteiger partial charge is 0.417 e. The number of halogens is 4. The lowest BCUT2D eigenvalue weighted by molar-refractivity contribution is -0.137. The second-order valence-corrected chi connectivity index (χ2v) is 7.52. The highest BCUT2D eigenvalue weighted by Crippen LogP contribution is 2.37. The maximum absolute atomic E-state index is 14.4. The van der Waals surface area contributed by atoms with E-state index in [0.717, 1.165) is 12.1 Å². The number of thioether (sulfide) groups is 1. The second kappa shape index (κ2) is 7.42. The van der Waals surface area contributed by atoms with Gasteiger partial charge in [0.25, 0.3) is 5.91 Å². The quantitative estimate of drug-likeness (QED) is 0.742. The summed E-state index contributed by atoms with van der Waals surface area (Å²) < 4.78 is 52.2. The van der Waals surface area contributed by atoms with Crippen LogP contribution in [0.15, 0.2) is 41.5 Å². The zero-order chi connectivity index (χ0) is 20.5. The summed E-state index contributed by atoms with van der Waals surface area (Å²) in [5.41, 5.74) is 4.30. The minimum atomic E-state index is -4.54. The van der Waals surface area contributed by atoms with Crippen molar-refractivity contribution in [2.45, 2.75) is 25.1 Å². The molecule has 0 bridgehead atoms. The molecule has 0 fully saturated rings. The number of amides is 1. The lowest BCUT2D eigenvalue weighted by Gasteiger charge is -2.30. The maximum Gasteiger partial charge on any atom is 0.417 e. The normalized spacial score (nSPS) is 19.8. The predicted octanol–water partition coefficient (Wildman–Crippen LogP) is 4.16. The number of aromatic nitrogens is 1. The van der Waals surface area contributed by atoms with Crippen LogP contribution < -0.4 is 11.1 Å². The van der Waals surface area contributed by atoms with Gasteiger partial charge in [-0.25, -0.2) is 4.39 Å². The number of aliphatic imine (C=N–C) groups is 1. The summed E-state index contributed by atoms with van der Waals surface area (Å²) in [7, 11) is 0. The van der Waals surface area contributed by atoms with Crippen LogP contribution in [-0.4, -0.2) is 21.8 Å². The smallest absolute Gasteiger partial charge is 0.379 e. The van der Waals surface area contributed by atoms with Crippen molar-refractivity contribution in [1.82, 2.24) is 4.98 Å². The highest BCUT2D eigenvalue weighted by atomic mass is 32.2. The number of benzene rings is 1. The first kappa shape index (κ1) is 20.1. The highest BCUT2D eigenvalue weighted by Gasteiger charge is 2.33. The molecule has 10 heteroatoms. The van der Waals surface area contributed by atoms with Crippen LogP contribution in [0, 0.1) is 5.82 Å². The molecule has 5 nitrogen and oxygen atoms in total. The monoisotopic (exact) mass is 412 g/mol. The average molecular weight is 412 g/mol. The molecule has 0 saturated heterocycles.